The number of aryl methyl sites for hydroxylation is 2. The molecule has 2 aromatic rings. The lowest BCUT2D eigenvalue weighted by molar-refractivity contribution is 0.133. The predicted octanol–water partition coefficient (Wildman–Crippen LogP) is 2.84. The minimum atomic E-state index is -0.111. The first-order valence-corrected chi connectivity index (χ1v) is 9.15. The molecule has 1 aliphatic carbocycles. The Bertz CT molecular complexity index is 803. The Balaban J connectivity index is 0.000000146. The zero-order chi connectivity index (χ0) is 18.0. The minimum absolute atomic E-state index is 0.111. The molecule has 1 spiro atoms. The molecule has 136 valence electrons. The van der Waals surface area contributed by atoms with Crippen molar-refractivity contribution < 1.29 is 0 Å². The molecule has 1 saturated heterocycles. The Hall–Kier alpha value is -2.11. The van der Waals surface area contributed by atoms with Crippen LogP contribution in [0.25, 0.3) is 11.2 Å². The maximum absolute atomic E-state index is 11.4. The van der Waals surface area contributed by atoms with Gasteiger partial charge in [0.15, 0.2) is 11.2 Å². The molecule has 4 rings (SSSR count). The molecule has 0 radical (unpaired) electrons. The highest BCUT2D eigenvalue weighted by Gasteiger charge is 2.36. The maximum atomic E-state index is 11.4. The molecule has 0 amide bonds. The van der Waals surface area contributed by atoms with Crippen LogP contribution in [0.1, 0.15) is 45.4 Å². The number of nitrogens with zero attached hydrogens (tertiary/aromatic N) is 5. The van der Waals surface area contributed by atoms with Gasteiger partial charge in [0.1, 0.15) is 0 Å². The molecule has 0 bridgehead atoms. The fourth-order valence-corrected chi connectivity index (χ4v) is 4.08. The highest BCUT2D eigenvalue weighted by atomic mass is 16.1. The van der Waals surface area contributed by atoms with E-state index in [9.17, 15) is 4.79 Å². The molecule has 0 atom stereocenters. The van der Waals surface area contributed by atoms with Gasteiger partial charge in [-0.1, -0.05) is 19.4 Å². The van der Waals surface area contributed by atoms with Crippen molar-refractivity contribution in [3.63, 3.8) is 0 Å². The fraction of sp³-hybridized carbons (Fsp3) is 0.632. The summed E-state index contributed by atoms with van der Waals surface area (Å²) in [5.74, 6) is 0. The number of hydrogen-bond acceptors (Lipinski definition) is 4. The topological polar surface area (TPSA) is 56.0 Å². The molecule has 0 unspecified atom stereocenters. The van der Waals surface area contributed by atoms with Gasteiger partial charge in [-0.3, -0.25) is 4.79 Å². The Morgan fingerprint density at radius 3 is 2.24 bits per heavy atom. The second kappa shape index (κ2) is 7.02. The first-order chi connectivity index (χ1) is 11.9. The van der Waals surface area contributed by atoms with Crippen LogP contribution in [0.2, 0.25) is 0 Å². The number of piperidine rings is 1. The van der Waals surface area contributed by atoms with E-state index in [-0.39, 0.29) is 5.56 Å². The van der Waals surface area contributed by atoms with Gasteiger partial charge in [0, 0.05) is 32.9 Å². The molecule has 2 aliphatic rings. The van der Waals surface area contributed by atoms with Crippen molar-refractivity contribution >= 4 is 11.2 Å². The molecular weight excluding hydrogens is 314 g/mol. The van der Waals surface area contributed by atoms with Gasteiger partial charge in [0.2, 0.25) is 0 Å². The molecule has 3 heterocycles. The summed E-state index contributed by atoms with van der Waals surface area (Å²) in [6.07, 6.45) is 11.9. The summed E-state index contributed by atoms with van der Waals surface area (Å²) in [5.41, 5.74) is 2.94. The number of imidazole rings is 1. The molecule has 6 heteroatoms. The molecule has 6 nitrogen and oxygen atoms in total. The first kappa shape index (κ1) is 17.7. The summed E-state index contributed by atoms with van der Waals surface area (Å²) in [7, 11) is 3.46. The second-order valence-corrected chi connectivity index (χ2v) is 7.62. The van der Waals surface area contributed by atoms with Crippen molar-refractivity contribution in [3.8, 4) is 0 Å². The molecular formula is C19H29N5O. The number of allylic oxidation sites excluding steroid dienone is 1. The largest absolute Gasteiger partial charge is 0.375 e. The Morgan fingerprint density at radius 2 is 1.64 bits per heavy atom. The minimum Gasteiger partial charge on any atom is -0.375 e. The van der Waals surface area contributed by atoms with Crippen molar-refractivity contribution in [2.24, 2.45) is 19.5 Å². The lowest BCUT2D eigenvalue weighted by Crippen LogP contribution is -2.37. The van der Waals surface area contributed by atoms with Crippen molar-refractivity contribution in [2.75, 3.05) is 13.1 Å². The van der Waals surface area contributed by atoms with Crippen LogP contribution in [-0.2, 0) is 14.1 Å². The van der Waals surface area contributed by atoms with Crippen LogP contribution in [-0.4, -0.2) is 37.1 Å². The summed E-state index contributed by atoms with van der Waals surface area (Å²) in [4.78, 5) is 21.8. The van der Waals surface area contributed by atoms with Crippen LogP contribution >= 0.6 is 0 Å². The highest BCUT2D eigenvalue weighted by Crippen LogP contribution is 2.46. The van der Waals surface area contributed by atoms with Gasteiger partial charge in [-0.15, -0.1) is 0 Å². The van der Waals surface area contributed by atoms with Gasteiger partial charge in [-0.05, 0) is 38.0 Å². The summed E-state index contributed by atoms with van der Waals surface area (Å²) in [6.45, 7) is 8.67. The molecule has 1 saturated carbocycles. The van der Waals surface area contributed by atoms with Gasteiger partial charge in [0.05, 0.1) is 12.7 Å². The third-order valence-electron chi connectivity index (χ3n) is 5.81. The Kier molecular flexibility index (Phi) is 4.97. The van der Waals surface area contributed by atoms with E-state index in [0.29, 0.717) is 11.2 Å². The summed E-state index contributed by atoms with van der Waals surface area (Å²) >= 11 is 0. The van der Waals surface area contributed by atoms with Crippen LogP contribution in [0.3, 0.4) is 0 Å². The Morgan fingerprint density at radius 1 is 1.04 bits per heavy atom. The van der Waals surface area contributed by atoms with E-state index in [1.165, 1.54) is 68.2 Å². The Labute approximate surface area is 149 Å². The molecule has 2 fully saturated rings. The lowest BCUT2D eigenvalue weighted by atomic mass is 9.77. The molecule has 0 aromatic carbocycles. The maximum Gasteiger partial charge on any atom is 0.281 e. The zero-order valence-corrected chi connectivity index (χ0v) is 15.7. The van der Waals surface area contributed by atoms with E-state index in [4.69, 9.17) is 0 Å². The molecule has 1 aliphatic heterocycles. The van der Waals surface area contributed by atoms with E-state index >= 15 is 0 Å². The number of likely N-dealkylation sites (tertiary alicyclic amines) is 1. The van der Waals surface area contributed by atoms with Crippen LogP contribution in [0.4, 0.5) is 0 Å². The van der Waals surface area contributed by atoms with E-state index in [1.54, 1.807) is 17.9 Å². The van der Waals surface area contributed by atoms with Crippen LogP contribution < -0.4 is 5.56 Å². The molecule has 0 N–H and O–H groups in total. The van der Waals surface area contributed by atoms with Gasteiger partial charge in [0.25, 0.3) is 5.56 Å². The van der Waals surface area contributed by atoms with Crippen LogP contribution in [0, 0.1) is 5.41 Å². The van der Waals surface area contributed by atoms with E-state index in [0.717, 1.165) is 5.41 Å². The summed E-state index contributed by atoms with van der Waals surface area (Å²) in [5, 5.41) is 0. The summed E-state index contributed by atoms with van der Waals surface area (Å²) in [6, 6.07) is 0. The van der Waals surface area contributed by atoms with E-state index < -0.39 is 0 Å². The molecule has 2 aromatic heterocycles. The summed E-state index contributed by atoms with van der Waals surface area (Å²) < 4.78 is 3.13. The van der Waals surface area contributed by atoms with Crippen molar-refractivity contribution in [1.82, 2.24) is 24.0 Å². The number of fused-ring (bicyclic) bond motifs is 1. The van der Waals surface area contributed by atoms with Crippen LogP contribution in [0.15, 0.2) is 29.7 Å². The van der Waals surface area contributed by atoms with E-state index in [1.807, 2.05) is 7.05 Å². The quantitative estimate of drug-likeness (QED) is 0.799. The fourth-order valence-electron chi connectivity index (χ4n) is 4.08. The van der Waals surface area contributed by atoms with Gasteiger partial charge >= 0.3 is 0 Å². The second-order valence-electron chi connectivity index (χ2n) is 7.62. The average molecular weight is 343 g/mol. The normalized spacial score (nSPS) is 19.1. The monoisotopic (exact) mass is 343 g/mol. The standard InChI is InChI=1S/C12H21N.C7H8N4O/c1-11(2)13-9-7-12(8-10-13)5-3-4-6-12;1-10-3-8-5-6(10)9-4-11(2)7(5)12/h1,3-10H2,2H3;3-4H,1-2H3. The molecule has 25 heavy (non-hydrogen) atoms. The average Bonchev–Trinajstić information content (AvgIpc) is 3.20. The van der Waals surface area contributed by atoms with Crippen molar-refractivity contribution in [2.45, 2.75) is 45.4 Å². The van der Waals surface area contributed by atoms with Crippen molar-refractivity contribution in [1.29, 1.82) is 0 Å². The SMILES string of the molecule is C=C(C)N1CCC2(CCCC2)CC1.Cn1cnc2c(ncn2C)c1=O. The van der Waals surface area contributed by atoms with E-state index in [2.05, 4.69) is 28.4 Å². The smallest absolute Gasteiger partial charge is 0.281 e. The van der Waals surface area contributed by atoms with Crippen molar-refractivity contribution in [3.05, 3.63) is 35.3 Å². The number of aromatic nitrogens is 4. The zero-order valence-electron chi connectivity index (χ0n) is 15.7. The third kappa shape index (κ3) is 3.62. The van der Waals surface area contributed by atoms with Gasteiger partial charge in [-0.25, -0.2) is 9.97 Å². The highest BCUT2D eigenvalue weighted by molar-refractivity contribution is 5.68. The first-order valence-electron chi connectivity index (χ1n) is 9.15. The predicted molar refractivity (Wildman–Crippen MR) is 100 cm³/mol. The van der Waals surface area contributed by atoms with Gasteiger partial charge < -0.3 is 14.0 Å². The van der Waals surface area contributed by atoms with Crippen LogP contribution in [0.5, 0.6) is 0 Å². The van der Waals surface area contributed by atoms with Gasteiger partial charge in [-0.2, -0.15) is 0 Å². The number of rotatable bonds is 1. The third-order valence-corrected chi connectivity index (χ3v) is 5.81. The lowest BCUT2D eigenvalue weighted by Gasteiger charge is -2.40. The number of hydrogen-bond donors (Lipinski definition) is 0.